The molecular weight excluding hydrogens is 529 g/mol. The summed E-state index contributed by atoms with van der Waals surface area (Å²) in [6, 6.07) is 33.2. The van der Waals surface area contributed by atoms with Crippen LogP contribution in [0.5, 0.6) is 0 Å². The third kappa shape index (κ3) is 10.5. The van der Waals surface area contributed by atoms with Crippen LogP contribution in [0.3, 0.4) is 0 Å². The molecule has 3 aromatic rings. The maximum atomic E-state index is 7.75. The van der Waals surface area contributed by atoms with E-state index in [-0.39, 0.29) is 0 Å². The maximum absolute atomic E-state index is 7.75. The number of hydrogen-bond donors (Lipinski definition) is 0. The zero-order chi connectivity index (χ0) is 22.9. The molecule has 3 aromatic carbocycles. The predicted molar refractivity (Wildman–Crippen MR) is 142 cm³/mol. The van der Waals surface area contributed by atoms with Crippen molar-refractivity contribution in [3.05, 3.63) is 91.0 Å². The predicted octanol–water partition coefficient (Wildman–Crippen LogP) is 4.10. The fourth-order valence-corrected chi connectivity index (χ4v) is 7.85. The van der Waals surface area contributed by atoms with Crippen LogP contribution in [0.25, 0.3) is 0 Å². The van der Waals surface area contributed by atoms with Crippen LogP contribution in [0.15, 0.2) is 91.0 Å². The average Bonchev–Trinajstić information content (AvgIpc) is 2.87. The topological polar surface area (TPSA) is 20.3 Å². The van der Waals surface area contributed by atoms with E-state index in [1.807, 2.05) is 0 Å². The Morgan fingerprint density at radius 2 is 1.06 bits per heavy atom. The van der Waals surface area contributed by atoms with Crippen LogP contribution < -0.4 is 15.9 Å². The number of nitrogens with zero attached hydrogens (tertiary/aromatic N) is 1. The van der Waals surface area contributed by atoms with Crippen molar-refractivity contribution in [2.45, 2.75) is 0 Å². The number of hydrogen-bond acceptors (Lipinski definition) is 2. The molecule has 0 aromatic heterocycles. The van der Waals surface area contributed by atoms with Crippen molar-refractivity contribution in [1.29, 1.82) is 0 Å². The second-order valence-corrected chi connectivity index (χ2v) is 12.4. The molecule has 1 unspecified atom stereocenters. The molecule has 166 valence electrons. The van der Waals surface area contributed by atoms with Gasteiger partial charge in [-0.2, -0.15) is 0 Å². The molecule has 0 amide bonds. The summed E-state index contributed by atoms with van der Waals surface area (Å²) >= 11 is 1.62. The van der Waals surface area contributed by atoms with Gasteiger partial charge in [0.1, 0.15) is 0 Å². The van der Waals surface area contributed by atoms with Gasteiger partial charge in [0.15, 0.2) is 0 Å². The molecule has 0 saturated carbocycles. The van der Waals surface area contributed by atoms with Crippen molar-refractivity contribution < 1.29 is 22.1 Å². The molecule has 0 saturated heterocycles. The van der Waals surface area contributed by atoms with Crippen LogP contribution in [-0.2, 0) is 22.1 Å². The first-order chi connectivity index (χ1) is 15.2. The molecule has 0 fully saturated rings. The van der Waals surface area contributed by atoms with Crippen molar-refractivity contribution in [1.82, 2.24) is 4.90 Å². The van der Waals surface area contributed by atoms with E-state index in [9.17, 15) is 0 Å². The Morgan fingerprint density at radius 1 is 0.710 bits per heavy atom. The number of benzene rings is 3. The van der Waals surface area contributed by atoms with Gasteiger partial charge in [0.05, 0.1) is 42.8 Å². The van der Waals surface area contributed by atoms with E-state index >= 15 is 0 Å². The third-order valence-electron chi connectivity index (χ3n) is 5.12. The molecular formula is C25H33ClNOP2Ru+3. The summed E-state index contributed by atoms with van der Waals surface area (Å²) < 4.78 is 0. The van der Waals surface area contributed by atoms with E-state index in [1.165, 1.54) is 36.0 Å². The van der Waals surface area contributed by atoms with Gasteiger partial charge >= 0.3 is 27.0 Å². The molecule has 0 aliphatic carbocycles. The Hall–Kier alpha value is -0.937. The molecule has 0 heterocycles. The van der Waals surface area contributed by atoms with Crippen LogP contribution >= 0.6 is 25.5 Å². The van der Waals surface area contributed by atoms with Gasteiger partial charge in [0, 0.05) is 21.0 Å². The summed E-state index contributed by atoms with van der Waals surface area (Å²) in [6.07, 6.45) is 2.57. The molecule has 0 aliphatic heterocycles. The normalized spacial score (nSPS) is 11.2. The first kappa shape index (κ1) is 28.1. The summed E-state index contributed by atoms with van der Waals surface area (Å²) in [5.41, 5.74) is 0. The van der Waals surface area contributed by atoms with Gasteiger partial charge in [-0.25, -0.2) is 0 Å². The first-order valence-electron chi connectivity index (χ1n) is 10.1. The summed E-state index contributed by atoms with van der Waals surface area (Å²) in [5.74, 6) is 0. The zero-order valence-corrected chi connectivity index (χ0v) is 22.8. The molecule has 2 nitrogen and oxygen atoms in total. The van der Waals surface area contributed by atoms with Gasteiger partial charge in [-0.1, -0.05) is 54.6 Å². The van der Waals surface area contributed by atoms with Crippen LogP contribution in [0.1, 0.15) is 0 Å². The fraction of sp³-hybridized carbons (Fsp3) is 0.240. The first-order valence-corrected chi connectivity index (χ1v) is 16.5. The number of rotatable bonds is 9. The second-order valence-electron chi connectivity index (χ2n) is 7.16. The van der Waals surface area contributed by atoms with Crippen molar-refractivity contribution in [2.75, 3.05) is 39.1 Å². The quantitative estimate of drug-likeness (QED) is 0.170. The van der Waals surface area contributed by atoms with Crippen molar-refractivity contribution in [2.24, 2.45) is 0 Å². The molecule has 0 radical (unpaired) electrons. The summed E-state index contributed by atoms with van der Waals surface area (Å²) in [5, 5.41) is 4.59. The minimum atomic E-state index is -0.718. The number of halogens is 1. The fourth-order valence-electron chi connectivity index (χ4n) is 3.37. The van der Waals surface area contributed by atoms with Gasteiger partial charge in [0.25, 0.3) is 0 Å². The molecule has 31 heavy (non-hydrogen) atoms. The SMILES string of the molecule is CN(CC[PH+](C)c1ccccc1)CC[PH+](c1ccccc1)c1ccccc1.[CH-]=O.[Cl][RuH+2]. The monoisotopic (exact) mass is 562 g/mol. The van der Waals surface area contributed by atoms with Gasteiger partial charge < -0.3 is 4.79 Å². The van der Waals surface area contributed by atoms with Gasteiger partial charge in [-0.15, -0.1) is 0 Å². The third-order valence-corrected chi connectivity index (χ3v) is 10.2. The Labute approximate surface area is 204 Å². The van der Waals surface area contributed by atoms with Gasteiger partial charge in [-0.3, -0.25) is 11.7 Å². The van der Waals surface area contributed by atoms with Crippen LogP contribution in [0, 0.1) is 0 Å². The van der Waals surface area contributed by atoms with Crippen LogP contribution in [-0.4, -0.2) is 50.8 Å². The van der Waals surface area contributed by atoms with Crippen molar-refractivity contribution in [3.63, 3.8) is 0 Å². The van der Waals surface area contributed by atoms with Gasteiger partial charge in [0.2, 0.25) is 0 Å². The van der Waals surface area contributed by atoms with E-state index in [4.69, 9.17) is 4.79 Å². The molecule has 0 aliphatic rings. The summed E-state index contributed by atoms with van der Waals surface area (Å²) in [7, 11) is 5.74. The van der Waals surface area contributed by atoms with E-state index < -0.39 is 15.8 Å². The molecule has 0 spiro atoms. The molecule has 0 N–H and O–H groups in total. The molecule has 0 bridgehead atoms. The Kier molecular flexibility index (Phi) is 16.0. The number of carbonyl (C=O) groups excluding carboxylic acids is 1. The second kappa shape index (κ2) is 17.6. The van der Waals surface area contributed by atoms with Gasteiger partial charge in [-0.05, 0) is 43.4 Å². The van der Waals surface area contributed by atoms with E-state index in [0.29, 0.717) is 0 Å². The molecule has 3 rings (SSSR count). The van der Waals surface area contributed by atoms with Crippen molar-refractivity contribution in [3.8, 4) is 0 Å². The zero-order valence-electron chi connectivity index (χ0n) is 18.2. The Balaban J connectivity index is 0.00000113. The van der Waals surface area contributed by atoms with Crippen LogP contribution in [0.4, 0.5) is 0 Å². The van der Waals surface area contributed by atoms with Crippen LogP contribution in [0.2, 0.25) is 0 Å². The molecule has 6 heteroatoms. The Bertz CT molecular complexity index is 772. The minimum absolute atomic E-state index is 0.437. The summed E-state index contributed by atoms with van der Waals surface area (Å²) in [6.45, 7) is 8.05. The summed E-state index contributed by atoms with van der Waals surface area (Å²) in [4.78, 5) is 10.3. The van der Waals surface area contributed by atoms with E-state index in [0.717, 1.165) is 0 Å². The van der Waals surface area contributed by atoms with E-state index in [2.05, 4.69) is 126 Å². The Morgan fingerprint density at radius 3 is 1.48 bits per heavy atom. The standard InChI is InChI=1S/C24H29NP2.CHO.ClH.Ru.H/c1-25(18-20-26(2)22-12-6-3-7-13-22)19-21-27(23-14-8-4-9-15-23)24-16-10-5-11-17-24;1-2;;;/h3-17H,18-21H2,1-2H3;1H;1H;;/q;-1;;+3;/p+1. The average molecular weight is 562 g/mol. The van der Waals surface area contributed by atoms with E-state index in [1.54, 1.807) is 22.6 Å². The molecule has 1 atom stereocenters. The van der Waals surface area contributed by atoms with Crippen molar-refractivity contribution >= 4 is 48.2 Å².